The van der Waals surface area contributed by atoms with Crippen LogP contribution in [0.5, 0.6) is 0 Å². The van der Waals surface area contributed by atoms with Crippen molar-refractivity contribution in [1.29, 1.82) is 1.45 Å². The number of aromatic nitrogens is 2. The summed E-state index contributed by atoms with van der Waals surface area (Å²) in [6, 6.07) is 0. The number of thiol groups is 1. The molecule has 0 aliphatic carbocycles. The van der Waals surface area contributed by atoms with Crippen molar-refractivity contribution < 1.29 is 179 Å². The van der Waals surface area contributed by atoms with Crippen LogP contribution in [0.4, 0.5) is 122 Å². The molecule has 0 bridgehead atoms. The molecular formula is C13H9BF30IN4O11PS6-6. The number of sulfonamides is 4. The van der Waals surface area contributed by atoms with E-state index in [1.54, 1.807) is 16.5 Å². The second-order valence-corrected chi connectivity index (χ2v) is 17.2. The van der Waals surface area contributed by atoms with Crippen molar-refractivity contribution in [3.63, 3.8) is 0 Å². The number of alkyl halides is 21. The van der Waals surface area contributed by atoms with E-state index in [4.69, 9.17) is 4.72 Å². The molecule has 1 aromatic heterocycles. The Morgan fingerprint density at radius 2 is 0.866 bits per heavy atom. The lowest BCUT2D eigenvalue weighted by Gasteiger charge is -2.34. The van der Waals surface area contributed by atoms with Gasteiger partial charge in [-0.2, -0.15) is 105 Å². The highest BCUT2D eigenvalue weighted by molar-refractivity contribution is 14.2. The normalized spacial score (nSPS) is 13.0. The van der Waals surface area contributed by atoms with Crippen LogP contribution >= 0.6 is 39.9 Å². The fourth-order valence-electron chi connectivity index (χ4n) is 1.56. The lowest BCUT2D eigenvalue weighted by molar-refractivity contribution is -0.382. The molecule has 1 aromatic rings. The summed E-state index contributed by atoms with van der Waals surface area (Å²) in [7, 11) is -36.3. The summed E-state index contributed by atoms with van der Waals surface area (Å²) >= 11 is 1.84. The zero-order valence-corrected chi connectivity index (χ0v) is 36.7. The van der Waals surface area contributed by atoms with Crippen LogP contribution in [0, 0.1) is 0 Å². The third-order valence-electron chi connectivity index (χ3n) is 3.50. The molecule has 0 fully saturated rings. The molecule has 0 saturated heterocycles. The van der Waals surface area contributed by atoms with Crippen molar-refractivity contribution in [2.75, 3.05) is 11.5 Å². The standard InChI is InChI=1S/C4HF9O3S.C4H4F6NO4S2.C3H3N2.C2F6NO4S2.BF3.F3P.3FH.HIS/c5-1(6,3(9,10)11)2(7,8)4(12,13)17(14,15)16;5-3(6,7)1-16(12,13)11-17(14,15)2-4(8,9)10;1-2-5-3-4-1;3-1(4,5)14(10,11)9-15(12,13)2(6,7)8;2-1(3)4;1-4(2)3;;;;1-2/h(H,14,15,16);1-2H2;1-3H;;;;3*1H;2H/q;3*-1;;;;;;/p-3/i/hT. The van der Waals surface area contributed by atoms with Gasteiger partial charge in [-0.15, -0.1) is 9.80 Å². The van der Waals surface area contributed by atoms with Gasteiger partial charge in [-0.05, 0) is 21.2 Å². The minimum absolute atomic E-state index is 0. The Morgan fingerprint density at radius 3 is 1.00 bits per heavy atom. The van der Waals surface area contributed by atoms with Crippen LogP contribution in [0.15, 0.2) is 18.7 Å². The number of halogens is 31. The Balaban J connectivity index is -0.0000000923. The van der Waals surface area contributed by atoms with Gasteiger partial charge in [0.2, 0.25) is 0 Å². The number of rotatable bonds is 9. The summed E-state index contributed by atoms with van der Waals surface area (Å²) in [6.45, 7) is 0. The smallest absolute Gasteiger partial charge is 0.762 e. The minimum Gasteiger partial charge on any atom is -1.00 e. The Morgan fingerprint density at radius 1 is 0.612 bits per heavy atom. The molecule has 0 spiro atoms. The fraction of sp³-hybridized carbons (Fsp3) is 0.769. The molecule has 0 aliphatic heterocycles. The van der Waals surface area contributed by atoms with E-state index >= 15 is 0 Å². The molecule has 0 aromatic carbocycles. The van der Waals surface area contributed by atoms with E-state index in [9.17, 15) is 164 Å². The predicted octanol–water partition coefficient (Wildman–Crippen LogP) is 2.63. The van der Waals surface area contributed by atoms with Gasteiger partial charge >= 0.3 is 63.0 Å². The van der Waals surface area contributed by atoms with Gasteiger partial charge < -0.3 is 32.2 Å². The van der Waals surface area contributed by atoms with Crippen molar-refractivity contribution in [3.05, 3.63) is 27.0 Å². The van der Waals surface area contributed by atoms with Crippen LogP contribution in [-0.4, -0.2) is 119 Å². The van der Waals surface area contributed by atoms with E-state index in [0.717, 1.165) is 4.13 Å². The second-order valence-electron chi connectivity index (χ2n) is 8.44. The maximum atomic E-state index is 12.2. The first-order valence-corrected chi connectivity index (χ1v) is 23.6. The molecule has 0 aliphatic rings. The Bertz CT molecular complexity index is 1930. The van der Waals surface area contributed by atoms with Crippen molar-refractivity contribution >= 4 is 97.6 Å². The summed E-state index contributed by atoms with van der Waals surface area (Å²) in [5.41, 5.74) is -12.4. The van der Waals surface area contributed by atoms with Crippen LogP contribution in [0.25, 0.3) is 8.25 Å². The Kier molecular flexibility index (Phi) is 38.0. The molecule has 54 heteroatoms. The number of hydrogen-bond acceptors (Lipinski definition) is 13. The molecule has 1 heterocycles. The van der Waals surface area contributed by atoms with E-state index in [1.165, 1.54) is 6.33 Å². The highest BCUT2D eigenvalue weighted by Crippen LogP contribution is 2.54. The van der Waals surface area contributed by atoms with E-state index in [2.05, 4.69) is 21.2 Å². The van der Waals surface area contributed by atoms with E-state index < -0.39 is 125 Å². The largest absolute Gasteiger partial charge is 1.00 e. The molecule has 0 unspecified atom stereocenters. The van der Waals surface area contributed by atoms with Crippen LogP contribution in [-0.2, 0) is 50.2 Å². The van der Waals surface area contributed by atoms with Crippen LogP contribution in [0.1, 0.15) is 0 Å². The molecule has 15 nitrogen and oxygen atoms in total. The van der Waals surface area contributed by atoms with Crippen molar-refractivity contribution in [2.24, 2.45) is 0 Å². The van der Waals surface area contributed by atoms with Crippen molar-refractivity contribution in [3.8, 4) is 0 Å². The molecule has 0 N–H and O–H groups in total. The van der Waals surface area contributed by atoms with Gasteiger partial charge in [-0.1, -0.05) is 18.7 Å². The second kappa shape index (κ2) is 30.9. The Labute approximate surface area is 371 Å². The zero-order valence-electron chi connectivity index (χ0n) is 29.7. The molecular weight excluding hydrogens is 1320 g/mol. The van der Waals surface area contributed by atoms with Gasteiger partial charge in [-0.3, -0.25) is 17.7 Å². The maximum Gasteiger partial charge on any atom is 0.762 e. The maximum absolute atomic E-state index is 12.2. The van der Waals surface area contributed by atoms with Gasteiger partial charge in [0.15, 0.2) is 30.2 Å². The highest BCUT2D eigenvalue weighted by atomic mass is 127. The predicted molar refractivity (Wildman–Crippen MR) is 169 cm³/mol. The lowest BCUT2D eigenvalue weighted by atomic mass is 10.1. The molecule has 0 amide bonds. The monoisotopic (exact) mass is 1330 g/mol. The number of imidazole rings is 1. The minimum atomic E-state index is -7.43. The van der Waals surface area contributed by atoms with Gasteiger partial charge in [0.05, 0.1) is 20.0 Å². The fourth-order valence-corrected chi connectivity index (χ4v) is 6.35. The summed E-state index contributed by atoms with van der Waals surface area (Å²) < 4.78 is 429. The summed E-state index contributed by atoms with van der Waals surface area (Å²) in [5.74, 6) is -20.1. The molecule has 0 radical (unpaired) electrons. The van der Waals surface area contributed by atoms with Crippen molar-refractivity contribution in [1.82, 2.24) is 9.97 Å². The van der Waals surface area contributed by atoms with Crippen LogP contribution in [0.3, 0.4) is 0 Å². The lowest BCUT2D eigenvalue weighted by Crippen LogP contribution is -3.00. The van der Waals surface area contributed by atoms with E-state index in [1.807, 2.05) is 21.2 Å². The molecule has 0 atom stereocenters. The average Bonchev–Trinajstić information content (AvgIpc) is 3.58. The summed E-state index contributed by atoms with van der Waals surface area (Å²) in [5, 5.41) is -7.11. The van der Waals surface area contributed by atoms with Gasteiger partial charge in [0.1, 0.15) is 11.5 Å². The van der Waals surface area contributed by atoms with Crippen molar-refractivity contribution in [2.45, 2.75) is 46.6 Å². The van der Waals surface area contributed by atoms with Crippen LogP contribution in [0.2, 0.25) is 0 Å². The Hall–Kier alpha value is -1.69. The molecule has 67 heavy (non-hydrogen) atoms. The zero-order chi connectivity index (χ0) is 56.0. The first kappa shape index (κ1) is 82.2. The van der Waals surface area contributed by atoms with Crippen LogP contribution < -0.4 is 14.4 Å². The highest BCUT2D eigenvalue weighted by Gasteiger charge is 2.83. The summed E-state index contributed by atoms with van der Waals surface area (Å²) in [4.78, 5) is 7.22. The first-order chi connectivity index (χ1) is 28.3. The van der Waals surface area contributed by atoms with E-state index in [-0.39, 0.29) is 9.41 Å². The topological polar surface area (TPSA) is 249 Å². The molecule has 414 valence electrons. The molecule has 1 rings (SSSR count). The van der Waals surface area contributed by atoms with Gasteiger partial charge in [0.25, 0.3) is 1.45 Å². The number of hydrogen-bond donors (Lipinski definition) is 1. The SMILES string of the molecule is FB(F)F.FP(F)F.O=S(=O)(CC(F)(F)F)[N-]S(=O)(=O)CC(F)(F)F.O=S(=O)([N-]S(=O)(=O)C(F)(F)F)C(F)(F)F.O=S(=O)([O-])C(F)(F)C(F)(F)C(F)(F)C(F)(F)F.SI.[3H]F.[F-].[F-].c1c[n-]cn1. The third-order valence-corrected chi connectivity index (χ3v) is 10.3. The average molecular weight is 1330 g/mol. The third kappa shape index (κ3) is 37.8. The van der Waals surface area contributed by atoms with E-state index in [0.29, 0.717) is 0 Å². The van der Waals surface area contributed by atoms with Gasteiger partial charge in [0, 0.05) is 0 Å². The number of nitrogens with zero attached hydrogens (tertiary/aromatic N) is 4. The molecule has 0 saturated carbocycles. The van der Waals surface area contributed by atoms with Gasteiger partial charge in [-0.25, -0.2) is 42.1 Å². The quantitative estimate of drug-likeness (QED) is 0.0934. The summed E-state index contributed by atoms with van der Waals surface area (Å²) in [6.07, 6.45) is -13.0. The first-order valence-electron chi connectivity index (χ1n) is 12.3.